The largest absolute Gasteiger partial charge is 0.396 e. The summed E-state index contributed by atoms with van der Waals surface area (Å²) in [6.45, 7) is 3.44. The molecule has 3 heteroatoms. The van der Waals surface area contributed by atoms with Crippen LogP contribution in [0.2, 0.25) is 0 Å². The van der Waals surface area contributed by atoms with Crippen LogP contribution in [0.15, 0.2) is 0 Å². The van der Waals surface area contributed by atoms with Gasteiger partial charge in [-0.3, -0.25) is 0 Å². The summed E-state index contributed by atoms with van der Waals surface area (Å²) in [5, 5.41) is 17.5. The van der Waals surface area contributed by atoms with Crippen LogP contribution in [0.1, 0.15) is 20.3 Å². The highest BCUT2D eigenvalue weighted by Crippen LogP contribution is 2.16. The lowest BCUT2D eigenvalue weighted by atomic mass is 10.0. The van der Waals surface area contributed by atoms with Crippen molar-refractivity contribution in [3.05, 3.63) is 0 Å². The van der Waals surface area contributed by atoms with Gasteiger partial charge in [0.1, 0.15) is 0 Å². The van der Waals surface area contributed by atoms with Crippen molar-refractivity contribution in [2.45, 2.75) is 31.1 Å². The summed E-state index contributed by atoms with van der Waals surface area (Å²) >= 11 is 4.08. The molecule has 0 radical (unpaired) electrons. The van der Waals surface area contributed by atoms with E-state index in [1.54, 1.807) is 13.8 Å². The van der Waals surface area contributed by atoms with E-state index in [-0.39, 0.29) is 11.9 Å². The van der Waals surface area contributed by atoms with Gasteiger partial charge in [0, 0.05) is 11.9 Å². The molecule has 1 atom stereocenters. The van der Waals surface area contributed by atoms with Crippen molar-refractivity contribution in [2.24, 2.45) is 0 Å². The Morgan fingerprint density at radius 2 is 2.00 bits per heavy atom. The smallest absolute Gasteiger partial charge is 0.0708 e. The van der Waals surface area contributed by atoms with E-state index in [4.69, 9.17) is 5.11 Å². The van der Waals surface area contributed by atoms with Gasteiger partial charge in [-0.25, -0.2) is 0 Å². The van der Waals surface area contributed by atoms with Crippen LogP contribution in [0.25, 0.3) is 0 Å². The maximum Gasteiger partial charge on any atom is 0.0708 e. The minimum Gasteiger partial charge on any atom is -0.396 e. The lowest BCUT2D eigenvalue weighted by Crippen LogP contribution is -2.32. The van der Waals surface area contributed by atoms with Gasteiger partial charge >= 0.3 is 0 Å². The Kier molecular flexibility index (Phi) is 3.54. The van der Waals surface area contributed by atoms with Crippen LogP contribution in [0.5, 0.6) is 0 Å². The van der Waals surface area contributed by atoms with Crippen molar-refractivity contribution in [1.29, 1.82) is 0 Å². The summed E-state index contributed by atoms with van der Waals surface area (Å²) in [6.07, 6.45) is 0.534. The van der Waals surface area contributed by atoms with Gasteiger partial charge in [0.05, 0.1) is 5.60 Å². The third-order valence-corrected chi connectivity index (χ3v) is 2.11. The highest BCUT2D eigenvalue weighted by molar-refractivity contribution is 7.81. The fourth-order valence-electron chi connectivity index (χ4n) is 0.476. The van der Waals surface area contributed by atoms with Crippen LogP contribution >= 0.6 is 12.6 Å². The van der Waals surface area contributed by atoms with E-state index in [0.717, 1.165) is 0 Å². The van der Waals surface area contributed by atoms with Gasteiger partial charge in [-0.15, -0.1) is 0 Å². The predicted octanol–water partition coefficient (Wildman–Crippen LogP) is 0.438. The van der Waals surface area contributed by atoms with Crippen molar-refractivity contribution in [3.63, 3.8) is 0 Å². The van der Waals surface area contributed by atoms with Crippen LogP contribution in [0.4, 0.5) is 0 Å². The lowest BCUT2D eigenvalue weighted by Gasteiger charge is -2.23. The van der Waals surface area contributed by atoms with Gasteiger partial charge < -0.3 is 10.2 Å². The molecule has 1 unspecified atom stereocenters. The van der Waals surface area contributed by atoms with Gasteiger partial charge in [0.2, 0.25) is 0 Å². The third kappa shape index (κ3) is 3.78. The first-order valence-electron chi connectivity index (χ1n) is 2.99. The quantitative estimate of drug-likeness (QED) is 0.511. The maximum atomic E-state index is 9.23. The van der Waals surface area contributed by atoms with E-state index in [0.29, 0.717) is 6.42 Å². The van der Waals surface area contributed by atoms with E-state index in [9.17, 15) is 5.11 Å². The predicted molar refractivity (Wildman–Crippen MR) is 40.8 cm³/mol. The number of aliphatic hydroxyl groups excluding tert-OH is 1. The Balaban J connectivity index is 3.59. The molecular formula is C6H14O2S. The Morgan fingerprint density at radius 1 is 1.56 bits per heavy atom. The lowest BCUT2D eigenvalue weighted by molar-refractivity contribution is 0.0701. The molecule has 2 N–H and O–H groups in total. The van der Waals surface area contributed by atoms with E-state index >= 15 is 0 Å². The number of hydrogen-bond donors (Lipinski definition) is 3. The number of aliphatic hydroxyl groups is 2. The second-order valence-electron chi connectivity index (χ2n) is 2.68. The van der Waals surface area contributed by atoms with E-state index in [2.05, 4.69) is 12.6 Å². The molecule has 9 heavy (non-hydrogen) atoms. The standard InChI is InChI=1S/C6H14O2S/c1-6(2,8)5(9)3-4-7/h5,7-9H,3-4H2,1-2H3. The van der Waals surface area contributed by atoms with Crippen molar-refractivity contribution >= 4 is 12.6 Å². The molecule has 0 amide bonds. The average Bonchev–Trinajstić information content (AvgIpc) is 1.64. The molecular weight excluding hydrogens is 136 g/mol. The zero-order valence-electron chi connectivity index (χ0n) is 5.83. The molecule has 0 saturated carbocycles. The molecule has 0 fully saturated rings. The Morgan fingerprint density at radius 3 is 2.11 bits per heavy atom. The summed E-state index contributed by atoms with van der Waals surface area (Å²) in [7, 11) is 0. The first-order chi connectivity index (χ1) is 3.98. The molecule has 0 rings (SSSR count). The van der Waals surface area contributed by atoms with Gasteiger partial charge in [-0.1, -0.05) is 0 Å². The first-order valence-corrected chi connectivity index (χ1v) is 3.51. The minimum absolute atomic E-state index is 0.0815. The van der Waals surface area contributed by atoms with Crippen LogP contribution < -0.4 is 0 Å². The second kappa shape index (κ2) is 3.44. The Bertz CT molecular complexity index is 77.6. The highest BCUT2D eigenvalue weighted by Gasteiger charge is 2.21. The van der Waals surface area contributed by atoms with Gasteiger partial charge in [-0.2, -0.15) is 12.6 Å². The SMILES string of the molecule is CC(C)(O)C(S)CCO. The molecule has 0 spiro atoms. The average molecular weight is 150 g/mol. The molecule has 2 nitrogen and oxygen atoms in total. The van der Waals surface area contributed by atoms with Crippen molar-refractivity contribution in [2.75, 3.05) is 6.61 Å². The normalized spacial score (nSPS) is 15.7. The van der Waals surface area contributed by atoms with Gasteiger partial charge in [-0.05, 0) is 20.3 Å². The molecule has 0 aliphatic rings. The minimum atomic E-state index is -0.786. The van der Waals surface area contributed by atoms with Crippen LogP contribution in [0, 0.1) is 0 Å². The monoisotopic (exact) mass is 150 g/mol. The zero-order valence-corrected chi connectivity index (χ0v) is 6.73. The number of rotatable bonds is 3. The van der Waals surface area contributed by atoms with Crippen molar-refractivity contribution in [1.82, 2.24) is 0 Å². The van der Waals surface area contributed by atoms with E-state index in [1.165, 1.54) is 0 Å². The fourth-order valence-corrected chi connectivity index (χ4v) is 0.591. The van der Waals surface area contributed by atoms with Crippen LogP contribution in [-0.2, 0) is 0 Å². The van der Waals surface area contributed by atoms with Gasteiger partial charge in [0.15, 0.2) is 0 Å². The van der Waals surface area contributed by atoms with Crippen LogP contribution in [-0.4, -0.2) is 27.7 Å². The summed E-state index contributed by atoms with van der Waals surface area (Å²) < 4.78 is 0. The molecule has 0 saturated heterocycles. The summed E-state index contributed by atoms with van der Waals surface area (Å²) in [5.41, 5.74) is -0.786. The molecule has 0 bridgehead atoms. The Hall–Kier alpha value is 0.270. The Labute approximate surface area is 61.3 Å². The second-order valence-corrected chi connectivity index (χ2v) is 3.31. The summed E-state index contributed by atoms with van der Waals surface area (Å²) in [5.74, 6) is 0. The van der Waals surface area contributed by atoms with E-state index < -0.39 is 5.60 Å². The summed E-state index contributed by atoms with van der Waals surface area (Å²) in [4.78, 5) is 0. The molecule has 56 valence electrons. The van der Waals surface area contributed by atoms with Crippen molar-refractivity contribution < 1.29 is 10.2 Å². The number of hydrogen-bond acceptors (Lipinski definition) is 3. The fraction of sp³-hybridized carbons (Fsp3) is 1.00. The van der Waals surface area contributed by atoms with Gasteiger partial charge in [0.25, 0.3) is 0 Å². The topological polar surface area (TPSA) is 40.5 Å². The van der Waals surface area contributed by atoms with Crippen molar-refractivity contribution in [3.8, 4) is 0 Å². The molecule has 0 aromatic carbocycles. The number of thiol groups is 1. The summed E-state index contributed by atoms with van der Waals surface area (Å²) in [6, 6.07) is 0. The third-order valence-electron chi connectivity index (χ3n) is 1.22. The molecule has 0 aliphatic carbocycles. The highest BCUT2D eigenvalue weighted by atomic mass is 32.1. The zero-order chi connectivity index (χ0) is 7.49. The molecule has 0 heterocycles. The maximum absolute atomic E-state index is 9.23. The molecule has 0 aromatic heterocycles. The molecule has 0 aromatic rings. The molecule has 0 aliphatic heterocycles. The van der Waals surface area contributed by atoms with E-state index in [1.807, 2.05) is 0 Å². The first kappa shape index (κ1) is 9.27. The van der Waals surface area contributed by atoms with Crippen LogP contribution in [0.3, 0.4) is 0 Å².